The van der Waals surface area contributed by atoms with Crippen LogP contribution in [0, 0.1) is 0 Å². The summed E-state index contributed by atoms with van der Waals surface area (Å²) in [6.07, 6.45) is 2.81. The molecular formula is C17H26N2O2. The molecule has 0 unspecified atom stereocenters. The van der Waals surface area contributed by atoms with Crippen LogP contribution >= 0.6 is 0 Å². The molecule has 0 aromatic heterocycles. The molecule has 0 heterocycles. The van der Waals surface area contributed by atoms with Crippen molar-refractivity contribution in [2.75, 3.05) is 20.1 Å². The van der Waals surface area contributed by atoms with Crippen LogP contribution in [0.3, 0.4) is 0 Å². The van der Waals surface area contributed by atoms with E-state index in [4.69, 9.17) is 0 Å². The first-order chi connectivity index (χ1) is 10.1. The molecule has 0 saturated heterocycles. The summed E-state index contributed by atoms with van der Waals surface area (Å²) in [7, 11) is 1.68. The van der Waals surface area contributed by atoms with Gasteiger partial charge < -0.3 is 9.80 Å². The highest BCUT2D eigenvalue weighted by Crippen LogP contribution is 2.05. The van der Waals surface area contributed by atoms with Gasteiger partial charge in [-0.05, 0) is 18.4 Å². The number of nitrogens with zero attached hydrogens (tertiary/aromatic N) is 2. The summed E-state index contributed by atoms with van der Waals surface area (Å²) in [5.74, 6) is -0.813. The van der Waals surface area contributed by atoms with E-state index in [2.05, 4.69) is 6.92 Å². The molecule has 116 valence electrons. The van der Waals surface area contributed by atoms with Crippen molar-refractivity contribution in [2.24, 2.45) is 0 Å². The molecule has 0 atom stereocenters. The smallest absolute Gasteiger partial charge is 0.312 e. The van der Waals surface area contributed by atoms with E-state index in [0.717, 1.165) is 24.8 Å². The van der Waals surface area contributed by atoms with E-state index in [1.807, 2.05) is 37.3 Å². The van der Waals surface area contributed by atoms with Gasteiger partial charge in [-0.15, -0.1) is 0 Å². The molecule has 0 spiro atoms. The van der Waals surface area contributed by atoms with Crippen LogP contribution in [0.25, 0.3) is 0 Å². The van der Waals surface area contributed by atoms with Crippen LogP contribution in [-0.2, 0) is 16.1 Å². The molecule has 1 rings (SSSR count). The fraction of sp³-hybridized carbons (Fsp3) is 0.529. The maximum atomic E-state index is 12.3. The topological polar surface area (TPSA) is 40.6 Å². The highest BCUT2D eigenvalue weighted by molar-refractivity contribution is 6.34. The zero-order valence-electron chi connectivity index (χ0n) is 13.3. The van der Waals surface area contributed by atoms with Gasteiger partial charge in [-0.1, -0.05) is 50.6 Å². The van der Waals surface area contributed by atoms with Gasteiger partial charge in [-0.25, -0.2) is 0 Å². The minimum absolute atomic E-state index is 0.385. The lowest BCUT2D eigenvalue weighted by atomic mass is 10.2. The summed E-state index contributed by atoms with van der Waals surface area (Å²) in [6.45, 7) is 5.86. The minimum Gasteiger partial charge on any atom is -0.334 e. The zero-order valence-corrected chi connectivity index (χ0v) is 13.3. The summed E-state index contributed by atoms with van der Waals surface area (Å²) >= 11 is 0. The molecule has 1 aromatic carbocycles. The van der Waals surface area contributed by atoms with Gasteiger partial charge in [0.15, 0.2) is 0 Å². The number of carbonyl (C=O) groups excluding carboxylic acids is 2. The van der Waals surface area contributed by atoms with Crippen LogP contribution < -0.4 is 0 Å². The van der Waals surface area contributed by atoms with Crippen LogP contribution in [0.15, 0.2) is 30.3 Å². The van der Waals surface area contributed by atoms with E-state index < -0.39 is 5.91 Å². The Hall–Kier alpha value is -1.84. The Bertz CT molecular complexity index is 445. The average Bonchev–Trinajstić information content (AvgIpc) is 2.51. The van der Waals surface area contributed by atoms with Crippen LogP contribution in [0.2, 0.25) is 0 Å². The number of unbranched alkanes of at least 4 members (excludes halogenated alkanes) is 1. The van der Waals surface area contributed by atoms with Crippen LogP contribution in [0.5, 0.6) is 0 Å². The third-order valence-electron chi connectivity index (χ3n) is 3.35. The van der Waals surface area contributed by atoms with Crippen molar-refractivity contribution in [3.8, 4) is 0 Å². The summed E-state index contributed by atoms with van der Waals surface area (Å²) in [4.78, 5) is 27.7. The Morgan fingerprint density at radius 2 is 1.62 bits per heavy atom. The van der Waals surface area contributed by atoms with E-state index in [1.54, 1.807) is 11.9 Å². The highest BCUT2D eigenvalue weighted by Gasteiger charge is 2.24. The summed E-state index contributed by atoms with van der Waals surface area (Å²) in [5.41, 5.74) is 1.02. The van der Waals surface area contributed by atoms with E-state index in [0.29, 0.717) is 19.6 Å². The summed E-state index contributed by atoms with van der Waals surface area (Å²) < 4.78 is 0. The van der Waals surface area contributed by atoms with Gasteiger partial charge in [0.25, 0.3) is 0 Å². The molecule has 0 radical (unpaired) electrons. The standard InChI is InChI=1S/C17H26N2O2/c1-4-6-13-19(12-5-2)17(21)16(20)18(3)14-15-10-8-7-9-11-15/h7-11H,4-6,12-14H2,1-3H3. The van der Waals surface area contributed by atoms with Gasteiger partial charge in [-0.2, -0.15) is 0 Å². The van der Waals surface area contributed by atoms with Gasteiger partial charge in [0, 0.05) is 26.7 Å². The van der Waals surface area contributed by atoms with Gasteiger partial charge >= 0.3 is 11.8 Å². The predicted molar refractivity (Wildman–Crippen MR) is 84.7 cm³/mol. The fourth-order valence-electron chi connectivity index (χ4n) is 2.16. The van der Waals surface area contributed by atoms with Gasteiger partial charge in [0.05, 0.1) is 0 Å². The molecule has 0 aliphatic heterocycles. The van der Waals surface area contributed by atoms with Crippen molar-refractivity contribution < 1.29 is 9.59 Å². The van der Waals surface area contributed by atoms with Crippen molar-refractivity contribution >= 4 is 11.8 Å². The fourth-order valence-corrected chi connectivity index (χ4v) is 2.16. The van der Waals surface area contributed by atoms with Gasteiger partial charge in [0.1, 0.15) is 0 Å². The normalized spacial score (nSPS) is 10.2. The van der Waals surface area contributed by atoms with Gasteiger partial charge in [-0.3, -0.25) is 9.59 Å². The Balaban J connectivity index is 2.63. The molecule has 2 amide bonds. The lowest BCUT2D eigenvalue weighted by Crippen LogP contribution is -2.44. The van der Waals surface area contributed by atoms with Gasteiger partial charge in [0.2, 0.25) is 0 Å². The number of hydrogen-bond acceptors (Lipinski definition) is 2. The first-order valence-corrected chi connectivity index (χ1v) is 7.68. The molecule has 0 N–H and O–H groups in total. The molecule has 4 heteroatoms. The second-order valence-corrected chi connectivity index (χ2v) is 5.29. The SMILES string of the molecule is CCCCN(CCC)C(=O)C(=O)N(C)Cc1ccccc1. The van der Waals surface area contributed by atoms with Crippen LogP contribution in [0.4, 0.5) is 0 Å². The molecule has 0 aliphatic rings. The molecule has 0 aliphatic carbocycles. The predicted octanol–water partition coefficient (Wildman–Crippen LogP) is 2.68. The highest BCUT2D eigenvalue weighted by atomic mass is 16.2. The minimum atomic E-state index is -0.427. The molecule has 1 aromatic rings. The first kappa shape index (κ1) is 17.2. The Kier molecular flexibility index (Phi) is 7.51. The van der Waals surface area contributed by atoms with Crippen molar-refractivity contribution in [1.82, 2.24) is 9.80 Å². The van der Waals surface area contributed by atoms with E-state index >= 15 is 0 Å². The first-order valence-electron chi connectivity index (χ1n) is 7.68. The molecule has 0 saturated carbocycles. The number of likely N-dealkylation sites (N-methyl/N-ethyl adjacent to an activating group) is 1. The quantitative estimate of drug-likeness (QED) is 0.724. The summed E-state index contributed by atoms with van der Waals surface area (Å²) in [6, 6.07) is 9.70. The number of amides is 2. The van der Waals surface area contributed by atoms with E-state index in [1.165, 1.54) is 4.90 Å². The van der Waals surface area contributed by atoms with Crippen LogP contribution in [0.1, 0.15) is 38.7 Å². The third kappa shape index (κ3) is 5.58. The Morgan fingerprint density at radius 1 is 0.952 bits per heavy atom. The number of hydrogen-bond donors (Lipinski definition) is 0. The number of rotatable bonds is 7. The molecule has 21 heavy (non-hydrogen) atoms. The third-order valence-corrected chi connectivity index (χ3v) is 3.35. The lowest BCUT2D eigenvalue weighted by Gasteiger charge is -2.24. The van der Waals surface area contributed by atoms with E-state index in [-0.39, 0.29) is 5.91 Å². The Morgan fingerprint density at radius 3 is 2.19 bits per heavy atom. The van der Waals surface area contributed by atoms with Crippen molar-refractivity contribution in [1.29, 1.82) is 0 Å². The molecule has 0 bridgehead atoms. The second kappa shape index (κ2) is 9.16. The monoisotopic (exact) mass is 290 g/mol. The maximum absolute atomic E-state index is 12.3. The largest absolute Gasteiger partial charge is 0.334 e. The molecule has 0 fully saturated rings. The molecular weight excluding hydrogens is 264 g/mol. The molecule has 4 nitrogen and oxygen atoms in total. The van der Waals surface area contributed by atoms with Crippen molar-refractivity contribution in [3.05, 3.63) is 35.9 Å². The second-order valence-electron chi connectivity index (χ2n) is 5.29. The summed E-state index contributed by atoms with van der Waals surface area (Å²) in [5, 5.41) is 0. The maximum Gasteiger partial charge on any atom is 0.312 e. The van der Waals surface area contributed by atoms with Crippen molar-refractivity contribution in [2.45, 2.75) is 39.7 Å². The van der Waals surface area contributed by atoms with Crippen molar-refractivity contribution in [3.63, 3.8) is 0 Å². The Labute approximate surface area is 127 Å². The lowest BCUT2D eigenvalue weighted by molar-refractivity contribution is -0.151. The van der Waals surface area contributed by atoms with E-state index in [9.17, 15) is 9.59 Å². The van der Waals surface area contributed by atoms with Crippen LogP contribution in [-0.4, -0.2) is 41.8 Å². The number of benzene rings is 1. The average molecular weight is 290 g/mol. The number of carbonyl (C=O) groups is 2. The zero-order chi connectivity index (χ0) is 15.7.